The molecular formula is C14H22N2O4S. The maximum Gasteiger partial charge on any atom is 0.308 e. The van der Waals surface area contributed by atoms with E-state index in [9.17, 15) is 14.4 Å². The van der Waals surface area contributed by atoms with Crippen molar-refractivity contribution in [1.82, 2.24) is 9.88 Å². The van der Waals surface area contributed by atoms with Gasteiger partial charge in [-0.2, -0.15) is 0 Å². The quantitative estimate of drug-likeness (QED) is 0.725. The monoisotopic (exact) mass is 314 g/mol. The second-order valence-electron chi connectivity index (χ2n) is 5.03. The SMILES string of the molecule is CCCC(CNC(=O)CCCn1c(C)csc1=O)C(=O)O. The van der Waals surface area contributed by atoms with E-state index < -0.39 is 11.9 Å². The molecule has 0 aliphatic heterocycles. The van der Waals surface area contributed by atoms with Crippen LogP contribution in [0.1, 0.15) is 38.3 Å². The van der Waals surface area contributed by atoms with Crippen molar-refractivity contribution in [2.45, 2.75) is 46.1 Å². The van der Waals surface area contributed by atoms with Crippen molar-refractivity contribution in [2.75, 3.05) is 6.54 Å². The van der Waals surface area contributed by atoms with Crippen molar-refractivity contribution in [3.05, 3.63) is 20.7 Å². The number of nitrogens with one attached hydrogen (secondary N) is 1. The van der Waals surface area contributed by atoms with Gasteiger partial charge < -0.3 is 15.0 Å². The number of hydrogen-bond donors (Lipinski definition) is 2. The number of rotatable bonds is 9. The highest BCUT2D eigenvalue weighted by Crippen LogP contribution is 2.06. The number of aromatic nitrogens is 1. The van der Waals surface area contributed by atoms with Gasteiger partial charge in [-0.15, -0.1) is 0 Å². The number of thiazole rings is 1. The summed E-state index contributed by atoms with van der Waals surface area (Å²) in [6.07, 6.45) is 2.18. The van der Waals surface area contributed by atoms with Crippen LogP contribution in [0.3, 0.4) is 0 Å². The summed E-state index contributed by atoms with van der Waals surface area (Å²) in [5.41, 5.74) is 0.902. The number of nitrogens with zero attached hydrogens (tertiary/aromatic N) is 1. The predicted molar refractivity (Wildman–Crippen MR) is 81.6 cm³/mol. The largest absolute Gasteiger partial charge is 0.481 e. The highest BCUT2D eigenvalue weighted by atomic mass is 32.1. The van der Waals surface area contributed by atoms with Crippen molar-refractivity contribution < 1.29 is 14.7 Å². The Bertz CT molecular complexity index is 535. The van der Waals surface area contributed by atoms with Gasteiger partial charge in [-0.1, -0.05) is 24.7 Å². The number of aryl methyl sites for hydroxylation is 1. The maximum atomic E-state index is 11.7. The van der Waals surface area contributed by atoms with Crippen LogP contribution >= 0.6 is 11.3 Å². The first-order valence-electron chi connectivity index (χ1n) is 7.10. The Morgan fingerprint density at radius 2 is 2.19 bits per heavy atom. The molecule has 1 unspecified atom stereocenters. The second-order valence-corrected chi connectivity index (χ2v) is 5.85. The molecule has 0 radical (unpaired) electrons. The first-order chi connectivity index (χ1) is 9.95. The van der Waals surface area contributed by atoms with E-state index in [4.69, 9.17) is 5.11 Å². The fourth-order valence-corrected chi connectivity index (χ4v) is 2.82. The highest BCUT2D eigenvalue weighted by Gasteiger charge is 2.17. The summed E-state index contributed by atoms with van der Waals surface area (Å²) in [4.78, 5) is 34.1. The van der Waals surface area contributed by atoms with Gasteiger partial charge in [-0.05, 0) is 19.8 Å². The zero-order valence-electron chi connectivity index (χ0n) is 12.4. The first kappa shape index (κ1) is 17.4. The molecule has 0 aromatic carbocycles. The molecule has 1 aromatic rings. The minimum atomic E-state index is -0.877. The Morgan fingerprint density at radius 1 is 1.48 bits per heavy atom. The molecule has 7 heteroatoms. The molecule has 118 valence electrons. The predicted octanol–water partition coefficient (Wildman–Crippen LogP) is 1.62. The Hall–Kier alpha value is -1.63. The number of carbonyl (C=O) groups excluding carboxylic acids is 1. The van der Waals surface area contributed by atoms with E-state index in [0.29, 0.717) is 25.8 Å². The van der Waals surface area contributed by atoms with Gasteiger partial charge in [0.15, 0.2) is 0 Å². The Morgan fingerprint density at radius 3 is 2.71 bits per heavy atom. The minimum Gasteiger partial charge on any atom is -0.481 e. The lowest BCUT2D eigenvalue weighted by atomic mass is 10.0. The van der Waals surface area contributed by atoms with E-state index in [-0.39, 0.29) is 17.3 Å². The van der Waals surface area contributed by atoms with Crippen LogP contribution < -0.4 is 10.2 Å². The van der Waals surface area contributed by atoms with E-state index >= 15 is 0 Å². The topological polar surface area (TPSA) is 88.4 Å². The minimum absolute atomic E-state index is 0.0122. The number of carboxylic acid groups (broad SMARTS) is 1. The molecule has 0 fully saturated rings. The summed E-state index contributed by atoms with van der Waals surface area (Å²) in [7, 11) is 0. The molecule has 1 amide bonds. The van der Waals surface area contributed by atoms with E-state index in [0.717, 1.165) is 23.5 Å². The van der Waals surface area contributed by atoms with Crippen LogP contribution in [0, 0.1) is 12.8 Å². The van der Waals surface area contributed by atoms with Crippen LogP contribution in [-0.2, 0) is 16.1 Å². The fraction of sp³-hybridized carbons (Fsp3) is 0.643. The van der Waals surface area contributed by atoms with Crippen molar-refractivity contribution in [3.8, 4) is 0 Å². The summed E-state index contributed by atoms with van der Waals surface area (Å²) >= 11 is 1.15. The Balaban J connectivity index is 2.31. The molecule has 1 atom stereocenters. The summed E-state index contributed by atoms with van der Waals surface area (Å²) in [6, 6.07) is 0. The van der Waals surface area contributed by atoms with Crippen LogP contribution in [0.4, 0.5) is 0 Å². The van der Waals surface area contributed by atoms with Gasteiger partial charge in [0.2, 0.25) is 5.91 Å². The summed E-state index contributed by atoms with van der Waals surface area (Å²) in [5.74, 6) is -1.57. The average molecular weight is 314 g/mol. The molecule has 0 saturated carbocycles. The van der Waals surface area contributed by atoms with E-state index in [1.165, 1.54) is 0 Å². The summed E-state index contributed by atoms with van der Waals surface area (Å²) in [6.45, 7) is 4.46. The van der Waals surface area contributed by atoms with E-state index in [1.54, 1.807) is 9.95 Å². The summed E-state index contributed by atoms with van der Waals surface area (Å²) in [5, 5.41) is 13.4. The smallest absolute Gasteiger partial charge is 0.308 e. The third-order valence-electron chi connectivity index (χ3n) is 3.29. The zero-order valence-corrected chi connectivity index (χ0v) is 13.2. The van der Waals surface area contributed by atoms with Gasteiger partial charge in [-0.3, -0.25) is 14.4 Å². The lowest BCUT2D eigenvalue weighted by Gasteiger charge is -2.12. The number of carbonyl (C=O) groups is 2. The number of carboxylic acids is 1. The van der Waals surface area contributed by atoms with Crippen molar-refractivity contribution >= 4 is 23.2 Å². The molecule has 1 rings (SSSR count). The maximum absolute atomic E-state index is 11.7. The number of aliphatic carboxylic acids is 1. The molecule has 1 heterocycles. The normalized spacial score (nSPS) is 12.1. The van der Waals surface area contributed by atoms with E-state index in [1.807, 2.05) is 13.8 Å². The average Bonchev–Trinajstić information content (AvgIpc) is 2.74. The third kappa shape index (κ3) is 5.71. The molecule has 0 spiro atoms. The van der Waals surface area contributed by atoms with Crippen LogP contribution in [0.2, 0.25) is 0 Å². The van der Waals surface area contributed by atoms with Crippen molar-refractivity contribution in [2.24, 2.45) is 5.92 Å². The standard InChI is InChI=1S/C14H22N2O4S/c1-3-5-11(13(18)19)8-15-12(17)6-4-7-16-10(2)9-21-14(16)20/h9,11H,3-8H2,1-2H3,(H,15,17)(H,18,19). The van der Waals surface area contributed by atoms with Crippen molar-refractivity contribution in [1.29, 1.82) is 0 Å². The molecule has 0 bridgehead atoms. The Labute approximate surface area is 127 Å². The van der Waals surface area contributed by atoms with Crippen LogP contribution in [-0.4, -0.2) is 28.1 Å². The summed E-state index contributed by atoms with van der Waals surface area (Å²) < 4.78 is 1.65. The zero-order chi connectivity index (χ0) is 15.8. The molecule has 2 N–H and O–H groups in total. The molecule has 21 heavy (non-hydrogen) atoms. The lowest BCUT2D eigenvalue weighted by molar-refractivity contribution is -0.141. The lowest BCUT2D eigenvalue weighted by Crippen LogP contribution is -2.33. The van der Waals surface area contributed by atoms with Crippen molar-refractivity contribution in [3.63, 3.8) is 0 Å². The molecular weight excluding hydrogens is 292 g/mol. The Kier molecular flexibility index (Phi) is 7.14. The first-order valence-corrected chi connectivity index (χ1v) is 7.98. The molecule has 6 nitrogen and oxygen atoms in total. The number of amides is 1. The van der Waals surface area contributed by atoms with Gasteiger partial charge in [-0.25, -0.2) is 0 Å². The molecule has 1 aromatic heterocycles. The van der Waals surface area contributed by atoms with Crippen LogP contribution in [0.5, 0.6) is 0 Å². The molecule has 0 saturated heterocycles. The van der Waals surface area contributed by atoms with E-state index in [2.05, 4.69) is 5.32 Å². The van der Waals surface area contributed by atoms with Gasteiger partial charge in [0.05, 0.1) is 5.92 Å². The van der Waals surface area contributed by atoms with Crippen LogP contribution in [0.15, 0.2) is 10.2 Å². The molecule has 0 aliphatic rings. The van der Waals surface area contributed by atoms with Gasteiger partial charge in [0.25, 0.3) is 0 Å². The molecule has 0 aliphatic carbocycles. The van der Waals surface area contributed by atoms with Crippen LogP contribution in [0.25, 0.3) is 0 Å². The van der Waals surface area contributed by atoms with Gasteiger partial charge >= 0.3 is 10.8 Å². The fourth-order valence-electron chi connectivity index (χ4n) is 2.06. The van der Waals surface area contributed by atoms with Gasteiger partial charge in [0, 0.05) is 30.6 Å². The van der Waals surface area contributed by atoms with Gasteiger partial charge in [0.1, 0.15) is 0 Å². The number of hydrogen-bond acceptors (Lipinski definition) is 4. The third-order valence-corrected chi connectivity index (χ3v) is 4.17. The highest BCUT2D eigenvalue weighted by molar-refractivity contribution is 7.07. The second kappa shape index (κ2) is 8.61.